The van der Waals surface area contributed by atoms with E-state index in [0.29, 0.717) is 16.5 Å². The normalized spacial score (nSPS) is 26.2. The Morgan fingerprint density at radius 3 is 2.38 bits per heavy atom. The van der Waals surface area contributed by atoms with Gasteiger partial charge in [0.15, 0.2) is 5.78 Å². The minimum absolute atomic E-state index is 0.0413. The molecule has 1 atom stereocenters. The topological polar surface area (TPSA) is 40.6 Å². The van der Waals surface area contributed by atoms with E-state index in [1.807, 2.05) is 4.90 Å². The van der Waals surface area contributed by atoms with Gasteiger partial charge in [-0.15, -0.1) is 0 Å². The van der Waals surface area contributed by atoms with Crippen molar-refractivity contribution < 1.29 is 9.59 Å². The molecule has 1 aromatic carbocycles. The fraction of sp³-hybridized carbons (Fsp3) is 0.680. The van der Waals surface area contributed by atoms with Crippen molar-refractivity contribution in [2.24, 2.45) is 11.3 Å². The van der Waals surface area contributed by atoms with Crippen LogP contribution in [-0.4, -0.2) is 54.2 Å². The maximum Gasteiger partial charge on any atom is 0.253 e. The highest BCUT2D eigenvalue weighted by Gasteiger charge is 2.42. The van der Waals surface area contributed by atoms with Crippen LogP contribution in [-0.2, 0) is 0 Å². The van der Waals surface area contributed by atoms with Crippen molar-refractivity contribution in [3.63, 3.8) is 0 Å². The van der Waals surface area contributed by atoms with Crippen LogP contribution in [0.15, 0.2) is 24.3 Å². The second-order valence-electron chi connectivity index (χ2n) is 9.78. The van der Waals surface area contributed by atoms with E-state index in [1.165, 1.54) is 64.5 Å². The first-order valence-corrected chi connectivity index (χ1v) is 11.7. The number of nitrogens with zero attached hydrogens (tertiary/aromatic N) is 2. The van der Waals surface area contributed by atoms with Gasteiger partial charge in [0, 0.05) is 36.2 Å². The zero-order valence-corrected chi connectivity index (χ0v) is 18.0. The van der Waals surface area contributed by atoms with Crippen LogP contribution in [0.4, 0.5) is 0 Å². The van der Waals surface area contributed by atoms with Gasteiger partial charge in [-0.2, -0.15) is 0 Å². The highest BCUT2D eigenvalue weighted by atomic mass is 16.2. The molecule has 0 radical (unpaired) electrons. The number of amides is 1. The van der Waals surface area contributed by atoms with Crippen molar-refractivity contribution in [1.29, 1.82) is 0 Å². The summed E-state index contributed by atoms with van der Waals surface area (Å²) >= 11 is 0. The Hall–Kier alpha value is -1.68. The molecule has 2 heterocycles. The van der Waals surface area contributed by atoms with E-state index in [1.54, 1.807) is 31.2 Å². The Bertz CT molecular complexity index is 723. The maximum absolute atomic E-state index is 13.0. The highest BCUT2D eigenvalue weighted by Crippen LogP contribution is 2.40. The van der Waals surface area contributed by atoms with E-state index in [-0.39, 0.29) is 11.7 Å². The van der Waals surface area contributed by atoms with Crippen LogP contribution < -0.4 is 0 Å². The van der Waals surface area contributed by atoms with Gasteiger partial charge in [0.05, 0.1) is 0 Å². The summed E-state index contributed by atoms with van der Waals surface area (Å²) < 4.78 is 0. The van der Waals surface area contributed by atoms with Crippen LogP contribution >= 0.6 is 0 Å². The molecule has 1 aliphatic carbocycles. The Balaban J connectivity index is 1.32. The van der Waals surface area contributed by atoms with Gasteiger partial charge in [0.25, 0.3) is 5.91 Å². The molecule has 1 saturated carbocycles. The van der Waals surface area contributed by atoms with Gasteiger partial charge in [-0.1, -0.05) is 44.2 Å². The second-order valence-corrected chi connectivity index (χ2v) is 9.78. The number of Topliss-reactive ketones (excluding diaryl/α,β-unsaturated/α-hetero) is 1. The molecular formula is C25H36N2O2. The number of carbonyl (C=O) groups excluding carboxylic acids is 2. The summed E-state index contributed by atoms with van der Waals surface area (Å²) in [5.41, 5.74) is 1.66. The molecule has 3 aliphatic rings. The molecule has 4 rings (SSSR count). The average molecular weight is 397 g/mol. The Morgan fingerprint density at radius 2 is 1.66 bits per heavy atom. The number of likely N-dealkylation sites (tertiary alicyclic amines) is 2. The number of rotatable bonds is 5. The van der Waals surface area contributed by atoms with Crippen molar-refractivity contribution >= 4 is 11.7 Å². The molecule has 29 heavy (non-hydrogen) atoms. The standard InChI is InChI=1S/C25H36N2O2/c1-20(28)22-8-10-23(11-9-22)24(29)27-17-14-25(19-27)13-5-15-26(18-25)16-12-21-6-3-2-4-7-21/h8-11,21H,2-7,12-19H2,1H3/t25-/m1/s1. The summed E-state index contributed by atoms with van der Waals surface area (Å²) in [7, 11) is 0. The first-order chi connectivity index (χ1) is 14.0. The fourth-order valence-electron chi connectivity index (χ4n) is 5.81. The van der Waals surface area contributed by atoms with E-state index in [0.717, 1.165) is 32.0 Å². The number of ketones is 1. The number of hydrogen-bond acceptors (Lipinski definition) is 3. The van der Waals surface area contributed by atoms with Gasteiger partial charge >= 0.3 is 0 Å². The number of piperidine rings is 1. The Kier molecular flexibility index (Phi) is 6.38. The van der Waals surface area contributed by atoms with Crippen LogP contribution in [0.1, 0.15) is 85.4 Å². The van der Waals surface area contributed by atoms with Crippen LogP contribution in [0.25, 0.3) is 0 Å². The summed E-state index contributed by atoms with van der Waals surface area (Å²) in [6, 6.07) is 7.16. The fourth-order valence-corrected chi connectivity index (χ4v) is 5.81. The second kappa shape index (κ2) is 8.99. The molecule has 2 aliphatic heterocycles. The molecule has 0 unspecified atom stereocenters. The molecule has 0 aromatic heterocycles. The monoisotopic (exact) mass is 396 g/mol. The van der Waals surface area contributed by atoms with Gasteiger partial charge in [-0.3, -0.25) is 9.59 Å². The van der Waals surface area contributed by atoms with Gasteiger partial charge in [0.1, 0.15) is 0 Å². The van der Waals surface area contributed by atoms with Crippen molar-refractivity contribution in [3.8, 4) is 0 Å². The van der Waals surface area contributed by atoms with Crippen molar-refractivity contribution in [1.82, 2.24) is 9.80 Å². The van der Waals surface area contributed by atoms with Crippen LogP contribution in [0, 0.1) is 11.3 Å². The number of benzene rings is 1. The SMILES string of the molecule is CC(=O)c1ccc(C(=O)N2CC[C@@]3(CCCN(CCC4CCCCC4)C3)C2)cc1. The summed E-state index contributed by atoms with van der Waals surface area (Å²) in [4.78, 5) is 29.2. The third-order valence-electron chi connectivity index (χ3n) is 7.58. The zero-order valence-electron chi connectivity index (χ0n) is 18.0. The van der Waals surface area contributed by atoms with Gasteiger partial charge < -0.3 is 9.80 Å². The molecule has 2 saturated heterocycles. The first-order valence-electron chi connectivity index (χ1n) is 11.7. The van der Waals surface area contributed by atoms with E-state index in [9.17, 15) is 9.59 Å². The number of hydrogen-bond donors (Lipinski definition) is 0. The summed E-state index contributed by atoms with van der Waals surface area (Å²) in [5, 5.41) is 0. The highest BCUT2D eigenvalue weighted by molar-refractivity contribution is 5.97. The van der Waals surface area contributed by atoms with Crippen molar-refractivity contribution in [3.05, 3.63) is 35.4 Å². The van der Waals surface area contributed by atoms with Gasteiger partial charge in [0.2, 0.25) is 0 Å². The average Bonchev–Trinajstić information content (AvgIpc) is 3.15. The molecule has 3 fully saturated rings. The summed E-state index contributed by atoms with van der Waals surface area (Å²) in [5.74, 6) is 1.11. The lowest BCUT2D eigenvalue weighted by Crippen LogP contribution is -2.45. The number of carbonyl (C=O) groups is 2. The minimum Gasteiger partial charge on any atom is -0.338 e. The van der Waals surface area contributed by atoms with E-state index in [2.05, 4.69) is 4.90 Å². The van der Waals surface area contributed by atoms with E-state index >= 15 is 0 Å². The lowest BCUT2D eigenvalue weighted by molar-refractivity contribution is 0.0674. The van der Waals surface area contributed by atoms with Gasteiger partial charge in [-0.25, -0.2) is 0 Å². The molecular weight excluding hydrogens is 360 g/mol. The smallest absolute Gasteiger partial charge is 0.253 e. The molecule has 158 valence electrons. The predicted octanol–water partition coefficient (Wildman–Crippen LogP) is 4.79. The minimum atomic E-state index is 0.0413. The summed E-state index contributed by atoms with van der Waals surface area (Å²) in [6.07, 6.45) is 12.2. The van der Waals surface area contributed by atoms with E-state index in [4.69, 9.17) is 0 Å². The third-order valence-corrected chi connectivity index (χ3v) is 7.58. The van der Waals surface area contributed by atoms with Crippen molar-refractivity contribution in [2.45, 2.75) is 64.7 Å². The molecule has 0 bridgehead atoms. The Labute approximate surface area is 175 Å². The summed E-state index contributed by atoms with van der Waals surface area (Å²) in [6.45, 7) is 6.95. The molecule has 1 spiro atoms. The maximum atomic E-state index is 13.0. The van der Waals surface area contributed by atoms with Crippen LogP contribution in [0.5, 0.6) is 0 Å². The van der Waals surface area contributed by atoms with Crippen LogP contribution in [0.2, 0.25) is 0 Å². The Morgan fingerprint density at radius 1 is 0.931 bits per heavy atom. The molecule has 0 N–H and O–H groups in total. The predicted molar refractivity (Wildman–Crippen MR) is 116 cm³/mol. The first kappa shape index (κ1) is 20.6. The van der Waals surface area contributed by atoms with Crippen molar-refractivity contribution in [2.75, 3.05) is 32.7 Å². The zero-order chi connectivity index (χ0) is 20.3. The molecule has 1 amide bonds. The largest absolute Gasteiger partial charge is 0.338 e. The molecule has 4 nitrogen and oxygen atoms in total. The lowest BCUT2D eigenvalue weighted by Gasteiger charge is -2.41. The molecule has 1 aromatic rings. The molecule has 4 heteroatoms. The third kappa shape index (κ3) is 4.91. The van der Waals surface area contributed by atoms with E-state index < -0.39 is 0 Å². The quantitative estimate of drug-likeness (QED) is 0.672. The van der Waals surface area contributed by atoms with Crippen LogP contribution in [0.3, 0.4) is 0 Å². The lowest BCUT2D eigenvalue weighted by atomic mass is 9.79. The van der Waals surface area contributed by atoms with Gasteiger partial charge in [-0.05, 0) is 63.7 Å².